The van der Waals surface area contributed by atoms with Gasteiger partial charge in [-0.05, 0) is 42.0 Å². The lowest BCUT2D eigenvalue weighted by molar-refractivity contribution is -0.143. The topological polar surface area (TPSA) is 52.6 Å². The molecule has 0 radical (unpaired) electrons. The Morgan fingerprint density at radius 2 is 1.69 bits per heavy atom. The molecule has 0 atom stereocenters. The maximum absolute atomic E-state index is 12.9. The summed E-state index contributed by atoms with van der Waals surface area (Å²) in [6, 6.07) is 10.9. The molecule has 0 amide bonds. The second-order valence-electron chi connectivity index (χ2n) is 5.17. The Morgan fingerprint density at radius 3 is 2.31 bits per heavy atom. The molecule has 0 aromatic heterocycles. The second kappa shape index (κ2) is 8.33. The normalized spacial score (nSPS) is 11.4. The minimum absolute atomic E-state index is 0.0913. The number of methoxy groups -OCH3 is 1. The molecule has 2 aromatic carbocycles. The average Bonchev–Trinajstić information content (AvgIpc) is 2.64. The molecule has 2 rings (SSSR count). The number of ketones is 1. The monoisotopic (exact) mass is 364 g/mol. The van der Waals surface area contributed by atoms with Gasteiger partial charge in [-0.2, -0.15) is 13.2 Å². The van der Waals surface area contributed by atoms with E-state index in [-0.39, 0.29) is 17.7 Å². The maximum atomic E-state index is 12.9. The fourth-order valence-electron chi connectivity index (χ4n) is 2.08. The smallest absolute Gasteiger partial charge is 0.416 e. The highest BCUT2D eigenvalue weighted by Gasteiger charge is 2.32. The van der Waals surface area contributed by atoms with Crippen LogP contribution in [0, 0.1) is 0 Å². The van der Waals surface area contributed by atoms with Gasteiger partial charge in [-0.3, -0.25) is 4.79 Å². The van der Waals surface area contributed by atoms with Crippen molar-refractivity contribution in [1.82, 2.24) is 0 Å². The molecule has 0 aliphatic rings. The van der Waals surface area contributed by atoms with Gasteiger partial charge in [0.05, 0.1) is 12.7 Å². The molecule has 0 aliphatic heterocycles. The Hall–Kier alpha value is -3.09. The van der Waals surface area contributed by atoms with Gasteiger partial charge in [0.25, 0.3) is 0 Å². The number of carbonyl (C=O) groups is 2. The highest BCUT2D eigenvalue weighted by atomic mass is 19.4. The quantitative estimate of drug-likeness (QED) is 0.439. The van der Waals surface area contributed by atoms with Crippen molar-refractivity contribution in [2.24, 2.45) is 0 Å². The molecular weight excluding hydrogens is 349 g/mol. The first-order valence-electron chi connectivity index (χ1n) is 7.49. The van der Waals surface area contributed by atoms with Crippen LogP contribution < -0.4 is 4.74 Å². The number of carbonyl (C=O) groups excluding carboxylic acids is 2. The number of alkyl halides is 3. The summed E-state index contributed by atoms with van der Waals surface area (Å²) in [5, 5.41) is 0. The first kappa shape index (κ1) is 19.2. The van der Waals surface area contributed by atoms with Crippen LogP contribution in [0.3, 0.4) is 0 Å². The van der Waals surface area contributed by atoms with Gasteiger partial charge in [0.15, 0.2) is 12.4 Å². The molecule has 7 heteroatoms. The standard InChI is InChI=1S/C19H15F3O4/c1-25-18(24)12-26-15-9-6-14(7-10-15)17(23)11-8-13-4-2-3-5-16(13)19(20,21)22/h2-11H,12H2,1H3. The lowest BCUT2D eigenvalue weighted by atomic mass is 10.0. The Kier molecular flexibility index (Phi) is 6.16. The number of ether oxygens (including phenoxy) is 2. The summed E-state index contributed by atoms with van der Waals surface area (Å²) in [4.78, 5) is 23.1. The Bertz CT molecular complexity index is 808. The molecule has 0 heterocycles. The molecular formula is C19H15F3O4. The van der Waals surface area contributed by atoms with E-state index in [1.54, 1.807) is 0 Å². The van der Waals surface area contributed by atoms with Crippen LogP contribution >= 0.6 is 0 Å². The van der Waals surface area contributed by atoms with Crippen molar-refractivity contribution >= 4 is 17.8 Å². The Balaban J connectivity index is 2.09. The van der Waals surface area contributed by atoms with E-state index in [0.29, 0.717) is 5.75 Å². The largest absolute Gasteiger partial charge is 0.482 e. The molecule has 2 aromatic rings. The van der Waals surface area contributed by atoms with Gasteiger partial charge in [0.1, 0.15) is 5.75 Å². The first-order valence-corrected chi connectivity index (χ1v) is 7.49. The lowest BCUT2D eigenvalue weighted by Crippen LogP contribution is -2.12. The minimum Gasteiger partial charge on any atom is -0.482 e. The third-order valence-electron chi connectivity index (χ3n) is 3.40. The summed E-state index contributed by atoms with van der Waals surface area (Å²) in [5.41, 5.74) is -0.627. The number of esters is 1. The molecule has 0 spiro atoms. The third kappa shape index (κ3) is 5.20. The van der Waals surface area contributed by atoms with Gasteiger partial charge in [0.2, 0.25) is 0 Å². The van der Waals surface area contributed by atoms with Crippen molar-refractivity contribution in [2.75, 3.05) is 13.7 Å². The number of benzene rings is 2. The average molecular weight is 364 g/mol. The van der Waals surface area contributed by atoms with E-state index in [9.17, 15) is 22.8 Å². The van der Waals surface area contributed by atoms with Crippen molar-refractivity contribution in [3.05, 3.63) is 71.3 Å². The van der Waals surface area contributed by atoms with Crippen molar-refractivity contribution in [3.63, 3.8) is 0 Å². The molecule has 136 valence electrons. The summed E-state index contributed by atoms with van der Waals surface area (Å²) < 4.78 is 48.4. The summed E-state index contributed by atoms with van der Waals surface area (Å²) in [6.45, 7) is -0.266. The molecule has 0 saturated heterocycles. The number of halogens is 3. The Labute approximate surface area is 147 Å². The number of allylic oxidation sites excluding steroid dienone is 1. The van der Waals surface area contributed by atoms with Crippen molar-refractivity contribution < 1.29 is 32.2 Å². The van der Waals surface area contributed by atoms with Crippen LogP contribution in [-0.4, -0.2) is 25.5 Å². The predicted molar refractivity (Wildman–Crippen MR) is 88.8 cm³/mol. The van der Waals surface area contributed by atoms with Crippen LogP contribution in [0.4, 0.5) is 13.2 Å². The predicted octanol–water partition coefficient (Wildman–Crippen LogP) is 4.15. The fourth-order valence-corrected chi connectivity index (χ4v) is 2.08. The summed E-state index contributed by atoms with van der Waals surface area (Å²) in [6.07, 6.45) is -2.29. The summed E-state index contributed by atoms with van der Waals surface area (Å²) >= 11 is 0. The molecule has 0 aliphatic carbocycles. The zero-order valence-electron chi connectivity index (χ0n) is 13.7. The van der Waals surface area contributed by atoms with Gasteiger partial charge in [-0.15, -0.1) is 0 Å². The van der Waals surface area contributed by atoms with Crippen molar-refractivity contribution in [3.8, 4) is 5.75 Å². The molecule has 4 nitrogen and oxygen atoms in total. The summed E-state index contributed by atoms with van der Waals surface area (Å²) in [7, 11) is 1.23. The zero-order chi connectivity index (χ0) is 19.2. The third-order valence-corrected chi connectivity index (χ3v) is 3.40. The zero-order valence-corrected chi connectivity index (χ0v) is 13.7. The van der Waals surface area contributed by atoms with Gasteiger partial charge in [-0.1, -0.05) is 24.3 Å². The maximum Gasteiger partial charge on any atom is 0.416 e. The Morgan fingerprint density at radius 1 is 1.04 bits per heavy atom. The molecule has 0 bridgehead atoms. The van der Waals surface area contributed by atoms with Gasteiger partial charge in [0, 0.05) is 5.56 Å². The van der Waals surface area contributed by atoms with Crippen LogP contribution in [-0.2, 0) is 15.7 Å². The van der Waals surface area contributed by atoms with E-state index in [2.05, 4.69) is 4.74 Å². The van der Waals surface area contributed by atoms with E-state index in [0.717, 1.165) is 18.2 Å². The molecule has 0 N–H and O–H groups in total. The van der Waals surface area contributed by atoms with Crippen LogP contribution in [0.5, 0.6) is 5.75 Å². The van der Waals surface area contributed by atoms with E-state index in [1.807, 2.05) is 0 Å². The van der Waals surface area contributed by atoms with E-state index in [1.165, 1.54) is 49.6 Å². The molecule has 26 heavy (non-hydrogen) atoms. The van der Waals surface area contributed by atoms with Crippen LogP contribution in [0.25, 0.3) is 6.08 Å². The van der Waals surface area contributed by atoms with Gasteiger partial charge < -0.3 is 9.47 Å². The van der Waals surface area contributed by atoms with E-state index in [4.69, 9.17) is 4.74 Å². The van der Waals surface area contributed by atoms with Crippen LogP contribution in [0.1, 0.15) is 21.5 Å². The molecule has 0 fully saturated rings. The highest BCUT2D eigenvalue weighted by molar-refractivity contribution is 6.06. The van der Waals surface area contributed by atoms with E-state index < -0.39 is 23.5 Å². The molecule has 0 saturated carbocycles. The van der Waals surface area contributed by atoms with E-state index >= 15 is 0 Å². The first-order chi connectivity index (χ1) is 12.3. The number of hydrogen-bond acceptors (Lipinski definition) is 4. The van der Waals surface area contributed by atoms with Crippen molar-refractivity contribution in [1.29, 1.82) is 0 Å². The SMILES string of the molecule is COC(=O)COc1ccc(C(=O)C=Cc2ccccc2C(F)(F)F)cc1. The summed E-state index contributed by atoms with van der Waals surface area (Å²) in [5.74, 6) is -0.642. The number of rotatable bonds is 6. The lowest BCUT2D eigenvalue weighted by Gasteiger charge is -2.09. The van der Waals surface area contributed by atoms with Crippen LogP contribution in [0.15, 0.2) is 54.6 Å². The van der Waals surface area contributed by atoms with Gasteiger partial charge >= 0.3 is 12.1 Å². The van der Waals surface area contributed by atoms with Crippen molar-refractivity contribution in [2.45, 2.75) is 6.18 Å². The van der Waals surface area contributed by atoms with Crippen LogP contribution in [0.2, 0.25) is 0 Å². The van der Waals surface area contributed by atoms with Gasteiger partial charge in [-0.25, -0.2) is 4.79 Å². The highest BCUT2D eigenvalue weighted by Crippen LogP contribution is 2.32. The number of hydrogen-bond donors (Lipinski definition) is 0. The fraction of sp³-hybridized carbons (Fsp3) is 0.158. The second-order valence-corrected chi connectivity index (χ2v) is 5.17. The molecule has 0 unspecified atom stereocenters. The minimum atomic E-state index is -4.50.